The number of piperidine rings is 1. The van der Waals surface area contributed by atoms with Gasteiger partial charge in [-0.2, -0.15) is 0 Å². The number of halogens is 2. The fourth-order valence-corrected chi connectivity index (χ4v) is 2.56. The van der Waals surface area contributed by atoms with Crippen LogP contribution in [0.15, 0.2) is 22.7 Å². The van der Waals surface area contributed by atoms with Crippen LogP contribution in [-0.2, 0) is 0 Å². The van der Waals surface area contributed by atoms with Gasteiger partial charge in [-0.1, -0.05) is 0 Å². The van der Waals surface area contributed by atoms with Crippen LogP contribution in [0, 0.1) is 11.7 Å². The molecule has 1 N–H and O–H groups in total. The second-order valence-electron chi connectivity index (χ2n) is 4.41. The largest absolute Gasteiger partial charge is 0.492 e. The molecular formula is C13H17BrFNO. The molecule has 94 valence electrons. The Balaban J connectivity index is 1.77. The van der Waals surface area contributed by atoms with E-state index in [4.69, 9.17) is 4.74 Å². The molecule has 1 aromatic rings. The summed E-state index contributed by atoms with van der Waals surface area (Å²) in [5.41, 5.74) is 0. The molecule has 0 aromatic heterocycles. The third kappa shape index (κ3) is 3.96. The van der Waals surface area contributed by atoms with E-state index in [-0.39, 0.29) is 5.82 Å². The predicted octanol–water partition coefficient (Wildman–Crippen LogP) is 3.36. The van der Waals surface area contributed by atoms with E-state index in [0.717, 1.165) is 31.2 Å². The lowest BCUT2D eigenvalue weighted by Crippen LogP contribution is -2.28. The summed E-state index contributed by atoms with van der Waals surface area (Å²) in [6.45, 7) is 2.94. The average molecular weight is 302 g/mol. The fourth-order valence-electron chi connectivity index (χ4n) is 2.10. The van der Waals surface area contributed by atoms with E-state index in [0.29, 0.717) is 11.1 Å². The molecule has 1 aliphatic heterocycles. The molecule has 0 spiro atoms. The van der Waals surface area contributed by atoms with E-state index in [1.165, 1.54) is 25.0 Å². The normalized spacial score (nSPS) is 17.1. The van der Waals surface area contributed by atoms with Gasteiger partial charge in [0.25, 0.3) is 0 Å². The molecule has 4 heteroatoms. The monoisotopic (exact) mass is 301 g/mol. The first-order valence-corrected chi connectivity index (χ1v) is 6.83. The smallest absolute Gasteiger partial charge is 0.133 e. The Morgan fingerprint density at radius 1 is 1.35 bits per heavy atom. The summed E-state index contributed by atoms with van der Waals surface area (Å²) in [6, 6.07) is 4.52. The van der Waals surface area contributed by atoms with Crippen molar-refractivity contribution >= 4 is 15.9 Å². The van der Waals surface area contributed by atoms with Crippen LogP contribution in [0.25, 0.3) is 0 Å². The van der Waals surface area contributed by atoms with Crippen LogP contribution < -0.4 is 10.1 Å². The zero-order valence-electron chi connectivity index (χ0n) is 9.72. The Kier molecular flexibility index (Phi) is 4.80. The minimum Gasteiger partial charge on any atom is -0.492 e. The summed E-state index contributed by atoms with van der Waals surface area (Å²) < 4.78 is 19.2. The van der Waals surface area contributed by atoms with Crippen molar-refractivity contribution in [3.05, 3.63) is 28.5 Å². The summed E-state index contributed by atoms with van der Waals surface area (Å²) in [5.74, 6) is 1.23. The van der Waals surface area contributed by atoms with Crippen LogP contribution in [0.1, 0.15) is 19.3 Å². The molecule has 1 fully saturated rings. The Morgan fingerprint density at radius 3 is 2.82 bits per heavy atom. The molecule has 0 saturated carbocycles. The molecular weight excluding hydrogens is 285 g/mol. The molecule has 0 radical (unpaired) electrons. The Labute approximate surface area is 110 Å². The zero-order chi connectivity index (χ0) is 12.1. The molecule has 0 amide bonds. The van der Waals surface area contributed by atoms with E-state index in [1.54, 1.807) is 6.07 Å². The molecule has 2 rings (SSSR count). The lowest BCUT2D eigenvalue weighted by Gasteiger charge is -2.22. The second-order valence-corrected chi connectivity index (χ2v) is 5.26. The van der Waals surface area contributed by atoms with Crippen LogP contribution in [0.2, 0.25) is 0 Å². The maximum Gasteiger partial charge on any atom is 0.133 e. The van der Waals surface area contributed by atoms with Crippen molar-refractivity contribution in [1.82, 2.24) is 5.32 Å². The van der Waals surface area contributed by atoms with Gasteiger partial charge < -0.3 is 10.1 Å². The summed E-state index contributed by atoms with van der Waals surface area (Å²) in [7, 11) is 0. The number of hydrogen-bond acceptors (Lipinski definition) is 2. The number of nitrogens with one attached hydrogen (secondary N) is 1. The van der Waals surface area contributed by atoms with Gasteiger partial charge in [-0.05, 0) is 72.4 Å². The van der Waals surface area contributed by atoms with Gasteiger partial charge in [0.05, 0.1) is 11.1 Å². The highest BCUT2D eigenvalue weighted by Crippen LogP contribution is 2.26. The van der Waals surface area contributed by atoms with Gasteiger partial charge >= 0.3 is 0 Å². The number of benzene rings is 1. The van der Waals surface area contributed by atoms with Gasteiger partial charge in [-0.25, -0.2) is 4.39 Å². The van der Waals surface area contributed by atoms with Crippen molar-refractivity contribution in [2.75, 3.05) is 19.7 Å². The molecule has 17 heavy (non-hydrogen) atoms. The van der Waals surface area contributed by atoms with E-state index in [9.17, 15) is 4.39 Å². The highest BCUT2D eigenvalue weighted by atomic mass is 79.9. The Morgan fingerprint density at radius 2 is 2.12 bits per heavy atom. The van der Waals surface area contributed by atoms with E-state index in [2.05, 4.69) is 21.2 Å². The molecule has 2 nitrogen and oxygen atoms in total. The van der Waals surface area contributed by atoms with Crippen molar-refractivity contribution in [1.29, 1.82) is 0 Å². The highest BCUT2D eigenvalue weighted by molar-refractivity contribution is 9.10. The SMILES string of the molecule is Fc1ccc(OCCC2CCNCC2)c(Br)c1. The second kappa shape index (κ2) is 6.36. The van der Waals surface area contributed by atoms with Gasteiger partial charge in [0.15, 0.2) is 0 Å². The minimum atomic E-state index is -0.248. The summed E-state index contributed by atoms with van der Waals surface area (Å²) >= 11 is 3.30. The van der Waals surface area contributed by atoms with Gasteiger partial charge in [0.1, 0.15) is 11.6 Å². The number of rotatable bonds is 4. The topological polar surface area (TPSA) is 21.3 Å². The maximum atomic E-state index is 12.9. The van der Waals surface area contributed by atoms with Crippen molar-refractivity contribution in [3.8, 4) is 5.75 Å². The number of hydrogen-bond donors (Lipinski definition) is 1. The van der Waals surface area contributed by atoms with Crippen LogP contribution >= 0.6 is 15.9 Å². The van der Waals surface area contributed by atoms with Crippen LogP contribution in [0.3, 0.4) is 0 Å². The Hall–Kier alpha value is -0.610. The molecule has 1 heterocycles. The fraction of sp³-hybridized carbons (Fsp3) is 0.538. The van der Waals surface area contributed by atoms with Crippen molar-refractivity contribution in [2.24, 2.45) is 5.92 Å². The van der Waals surface area contributed by atoms with E-state index in [1.807, 2.05) is 0 Å². The standard InChI is InChI=1S/C13H17BrFNO/c14-12-9-11(15)1-2-13(12)17-8-5-10-3-6-16-7-4-10/h1-2,9-10,16H,3-8H2. The third-order valence-corrected chi connectivity index (χ3v) is 3.76. The van der Waals surface area contributed by atoms with Crippen molar-refractivity contribution in [3.63, 3.8) is 0 Å². The van der Waals surface area contributed by atoms with Gasteiger partial charge in [-0.15, -0.1) is 0 Å². The predicted molar refractivity (Wildman–Crippen MR) is 69.8 cm³/mol. The highest BCUT2D eigenvalue weighted by Gasteiger charge is 2.13. The third-order valence-electron chi connectivity index (χ3n) is 3.14. The van der Waals surface area contributed by atoms with Gasteiger partial charge in [0.2, 0.25) is 0 Å². The molecule has 1 aliphatic rings. The van der Waals surface area contributed by atoms with Crippen molar-refractivity contribution < 1.29 is 9.13 Å². The van der Waals surface area contributed by atoms with Crippen LogP contribution in [0.5, 0.6) is 5.75 Å². The van der Waals surface area contributed by atoms with Gasteiger partial charge in [0, 0.05) is 0 Å². The quantitative estimate of drug-likeness (QED) is 0.921. The lowest BCUT2D eigenvalue weighted by atomic mass is 9.95. The van der Waals surface area contributed by atoms with E-state index < -0.39 is 0 Å². The Bertz CT molecular complexity index is 366. The average Bonchev–Trinajstić information content (AvgIpc) is 2.33. The molecule has 1 aromatic carbocycles. The van der Waals surface area contributed by atoms with Gasteiger partial charge in [-0.3, -0.25) is 0 Å². The first-order chi connectivity index (χ1) is 8.25. The molecule has 0 unspecified atom stereocenters. The number of ether oxygens (including phenoxy) is 1. The first kappa shape index (κ1) is 12.8. The lowest BCUT2D eigenvalue weighted by molar-refractivity contribution is 0.250. The van der Waals surface area contributed by atoms with Crippen LogP contribution in [0.4, 0.5) is 4.39 Å². The molecule has 0 bridgehead atoms. The molecule has 0 aliphatic carbocycles. The minimum absolute atomic E-state index is 0.248. The first-order valence-electron chi connectivity index (χ1n) is 6.04. The summed E-state index contributed by atoms with van der Waals surface area (Å²) in [4.78, 5) is 0. The summed E-state index contributed by atoms with van der Waals surface area (Å²) in [5, 5.41) is 3.35. The molecule has 1 saturated heterocycles. The van der Waals surface area contributed by atoms with Crippen molar-refractivity contribution in [2.45, 2.75) is 19.3 Å². The molecule has 0 atom stereocenters. The summed E-state index contributed by atoms with van der Waals surface area (Å²) in [6.07, 6.45) is 3.54. The maximum absolute atomic E-state index is 12.9. The van der Waals surface area contributed by atoms with Crippen LogP contribution in [-0.4, -0.2) is 19.7 Å². The van der Waals surface area contributed by atoms with E-state index >= 15 is 0 Å². The zero-order valence-corrected chi connectivity index (χ0v) is 11.3.